The van der Waals surface area contributed by atoms with Crippen molar-refractivity contribution in [1.29, 1.82) is 0 Å². The summed E-state index contributed by atoms with van der Waals surface area (Å²) in [6.07, 6.45) is 0. The van der Waals surface area contributed by atoms with Crippen LogP contribution in [0.1, 0.15) is 16.7 Å². The Morgan fingerprint density at radius 1 is 1.13 bits per heavy atom. The lowest BCUT2D eigenvalue weighted by atomic mass is 10.1. The van der Waals surface area contributed by atoms with Crippen LogP contribution < -0.4 is 10.1 Å². The van der Waals surface area contributed by atoms with Gasteiger partial charge in [0, 0.05) is 12.2 Å². The van der Waals surface area contributed by atoms with Crippen molar-refractivity contribution in [2.75, 3.05) is 26.0 Å². The van der Waals surface area contributed by atoms with Gasteiger partial charge < -0.3 is 10.1 Å². The molecule has 4 heteroatoms. The second kappa shape index (κ2) is 7.79. The SMILES string of the molecule is COc1ccc(NC(=O)CN(C)Cc2ccc(C)cc2C)cc1. The predicted octanol–water partition coefficient (Wildman–Crippen LogP) is 3.38. The zero-order valence-electron chi connectivity index (χ0n) is 14.2. The molecule has 0 atom stereocenters. The summed E-state index contributed by atoms with van der Waals surface area (Å²) >= 11 is 0. The zero-order valence-corrected chi connectivity index (χ0v) is 14.2. The second-order valence-electron chi connectivity index (χ2n) is 5.88. The first-order valence-electron chi connectivity index (χ1n) is 7.66. The Labute approximate surface area is 138 Å². The highest BCUT2D eigenvalue weighted by Gasteiger charge is 2.09. The first-order chi connectivity index (χ1) is 11.0. The summed E-state index contributed by atoms with van der Waals surface area (Å²) in [4.78, 5) is 14.1. The summed E-state index contributed by atoms with van der Waals surface area (Å²) in [7, 11) is 3.57. The first kappa shape index (κ1) is 17.0. The maximum absolute atomic E-state index is 12.1. The molecule has 0 aliphatic rings. The molecule has 2 rings (SSSR count). The molecule has 2 aromatic rings. The molecule has 1 amide bonds. The van der Waals surface area contributed by atoms with E-state index in [2.05, 4.69) is 37.4 Å². The number of carbonyl (C=O) groups is 1. The molecule has 0 saturated heterocycles. The molecule has 0 aliphatic heterocycles. The maximum Gasteiger partial charge on any atom is 0.238 e. The molecule has 23 heavy (non-hydrogen) atoms. The normalized spacial score (nSPS) is 10.7. The van der Waals surface area contributed by atoms with E-state index in [-0.39, 0.29) is 5.91 Å². The van der Waals surface area contributed by atoms with E-state index in [0.29, 0.717) is 6.54 Å². The number of benzene rings is 2. The van der Waals surface area contributed by atoms with Gasteiger partial charge in [-0.25, -0.2) is 0 Å². The Kier molecular flexibility index (Phi) is 5.77. The van der Waals surface area contributed by atoms with Gasteiger partial charge in [0.25, 0.3) is 0 Å². The lowest BCUT2D eigenvalue weighted by Gasteiger charge is -2.18. The smallest absolute Gasteiger partial charge is 0.238 e. The van der Waals surface area contributed by atoms with Crippen molar-refractivity contribution < 1.29 is 9.53 Å². The number of hydrogen-bond donors (Lipinski definition) is 1. The van der Waals surface area contributed by atoms with Gasteiger partial charge in [-0.15, -0.1) is 0 Å². The van der Waals surface area contributed by atoms with Crippen LogP contribution >= 0.6 is 0 Å². The summed E-state index contributed by atoms with van der Waals surface area (Å²) in [5, 5.41) is 2.90. The average Bonchev–Trinajstić information content (AvgIpc) is 2.50. The number of rotatable bonds is 6. The average molecular weight is 312 g/mol. The monoisotopic (exact) mass is 312 g/mol. The zero-order chi connectivity index (χ0) is 16.8. The molecule has 0 radical (unpaired) electrons. The second-order valence-corrected chi connectivity index (χ2v) is 5.88. The van der Waals surface area contributed by atoms with Crippen LogP contribution in [0.25, 0.3) is 0 Å². The van der Waals surface area contributed by atoms with Crippen molar-refractivity contribution in [1.82, 2.24) is 4.90 Å². The molecule has 0 aliphatic carbocycles. The van der Waals surface area contributed by atoms with E-state index >= 15 is 0 Å². The molecule has 0 spiro atoms. The van der Waals surface area contributed by atoms with E-state index in [4.69, 9.17) is 4.74 Å². The number of ether oxygens (including phenoxy) is 1. The molecule has 0 fully saturated rings. The van der Waals surface area contributed by atoms with E-state index in [1.54, 1.807) is 7.11 Å². The topological polar surface area (TPSA) is 41.6 Å². The largest absolute Gasteiger partial charge is 0.497 e. The van der Waals surface area contributed by atoms with Gasteiger partial charge in [-0.2, -0.15) is 0 Å². The van der Waals surface area contributed by atoms with Gasteiger partial charge in [-0.3, -0.25) is 9.69 Å². The summed E-state index contributed by atoms with van der Waals surface area (Å²) in [6, 6.07) is 13.7. The van der Waals surface area contributed by atoms with E-state index in [1.807, 2.05) is 36.2 Å². The van der Waals surface area contributed by atoms with Crippen molar-refractivity contribution in [2.24, 2.45) is 0 Å². The summed E-state index contributed by atoms with van der Waals surface area (Å²) in [5.74, 6) is 0.748. The van der Waals surface area contributed by atoms with Gasteiger partial charge in [-0.05, 0) is 56.3 Å². The van der Waals surface area contributed by atoms with Crippen LogP contribution in [0, 0.1) is 13.8 Å². The van der Waals surface area contributed by atoms with Crippen molar-refractivity contribution in [3.8, 4) is 5.75 Å². The van der Waals surface area contributed by atoms with E-state index in [0.717, 1.165) is 18.0 Å². The standard InChI is InChI=1S/C19H24N2O2/c1-14-5-6-16(15(2)11-14)12-21(3)13-19(22)20-17-7-9-18(23-4)10-8-17/h5-11H,12-13H2,1-4H3,(H,20,22). The minimum absolute atomic E-state index is 0.0255. The third-order valence-corrected chi connectivity index (χ3v) is 3.73. The summed E-state index contributed by atoms with van der Waals surface area (Å²) < 4.78 is 5.10. The Balaban J connectivity index is 1.88. The van der Waals surface area contributed by atoms with E-state index in [1.165, 1.54) is 16.7 Å². The lowest BCUT2D eigenvalue weighted by Crippen LogP contribution is -2.30. The molecule has 0 heterocycles. The van der Waals surface area contributed by atoms with E-state index < -0.39 is 0 Å². The molecule has 4 nitrogen and oxygen atoms in total. The van der Waals surface area contributed by atoms with E-state index in [9.17, 15) is 4.79 Å². The third kappa shape index (κ3) is 5.11. The van der Waals surface area contributed by atoms with Gasteiger partial charge in [0.1, 0.15) is 5.75 Å². The van der Waals surface area contributed by atoms with Crippen LogP contribution in [0.15, 0.2) is 42.5 Å². The number of nitrogens with zero attached hydrogens (tertiary/aromatic N) is 1. The molecule has 0 aromatic heterocycles. The van der Waals surface area contributed by atoms with Gasteiger partial charge in [-0.1, -0.05) is 23.8 Å². The van der Waals surface area contributed by atoms with Crippen LogP contribution in [-0.2, 0) is 11.3 Å². The molecule has 0 unspecified atom stereocenters. The third-order valence-electron chi connectivity index (χ3n) is 3.73. The van der Waals surface area contributed by atoms with Crippen LogP contribution in [0.3, 0.4) is 0 Å². The van der Waals surface area contributed by atoms with Gasteiger partial charge in [0.15, 0.2) is 0 Å². The Hall–Kier alpha value is -2.33. The Morgan fingerprint density at radius 2 is 1.83 bits per heavy atom. The highest BCUT2D eigenvalue weighted by atomic mass is 16.5. The van der Waals surface area contributed by atoms with Gasteiger partial charge in [0.2, 0.25) is 5.91 Å². The van der Waals surface area contributed by atoms with Crippen molar-refractivity contribution in [2.45, 2.75) is 20.4 Å². The molecule has 2 aromatic carbocycles. The van der Waals surface area contributed by atoms with Crippen LogP contribution in [0.4, 0.5) is 5.69 Å². The van der Waals surface area contributed by atoms with Crippen LogP contribution in [-0.4, -0.2) is 31.5 Å². The highest BCUT2D eigenvalue weighted by Crippen LogP contribution is 2.15. The summed E-state index contributed by atoms with van der Waals surface area (Å²) in [6.45, 7) is 5.29. The maximum atomic E-state index is 12.1. The van der Waals surface area contributed by atoms with Crippen molar-refractivity contribution >= 4 is 11.6 Å². The molecule has 0 bridgehead atoms. The van der Waals surface area contributed by atoms with Crippen LogP contribution in [0.2, 0.25) is 0 Å². The fraction of sp³-hybridized carbons (Fsp3) is 0.316. The number of anilines is 1. The molecule has 1 N–H and O–H groups in total. The number of nitrogens with one attached hydrogen (secondary N) is 1. The minimum Gasteiger partial charge on any atom is -0.497 e. The quantitative estimate of drug-likeness (QED) is 0.889. The number of carbonyl (C=O) groups excluding carboxylic acids is 1. The van der Waals surface area contributed by atoms with Crippen LogP contribution in [0.5, 0.6) is 5.75 Å². The lowest BCUT2D eigenvalue weighted by molar-refractivity contribution is -0.117. The fourth-order valence-electron chi connectivity index (χ4n) is 2.49. The van der Waals surface area contributed by atoms with Crippen molar-refractivity contribution in [3.63, 3.8) is 0 Å². The molecule has 122 valence electrons. The number of amides is 1. The Morgan fingerprint density at radius 3 is 2.43 bits per heavy atom. The molecular weight excluding hydrogens is 288 g/mol. The Bertz CT molecular complexity index is 666. The highest BCUT2D eigenvalue weighted by molar-refractivity contribution is 5.92. The number of hydrogen-bond acceptors (Lipinski definition) is 3. The summed E-state index contributed by atoms with van der Waals surface area (Å²) in [5.41, 5.74) is 4.53. The predicted molar refractivity (Wildman–Crippen MR) is 93.9 cm³/mol. The van der Waals surface area contributed by atoms with Gasteiger partial charge in [0.05, 0.1) is 13.7 Å². The number of aryl methyl sites for hydroxylation is 2. The molecule has 0 saturated carbocycles. The van der Waals surface area contributed by atoms with Gasteiger partial charge >= 0.3 is 0 Å². The van der Waals surface area contributed by atoms with Crippen molar-refractivity contribution in [3.05, 3.63) is 59.2 Å². The number of methoxy groups -OCH3 is 1. The molecular formula is C19H24N2O2. The first-order valence-corrected chi connectivity index (χ1v) is 7.66. The minimum atomic E-state index is -0.0255. The number of likely N-dealkylation sites (N-methyl/N-ethyl adjacent to an activating group) is 1. The fourth-order valence-corrected chi connectivity index (χ4v) is 2.49.